The van der Waals surface area contributed by atoms with Crippen LogP contribution in [-0.4, -0.2) is 37.1 Å². The molecule has 2 aliphatic rings. The van der Waals surface area contributed by atoms with Crippen LogP contribution in [0.2, 0.25) is 0 Å². The first-order valence-corrected chi connectivity index (χ1v) is 10.9. The van der Waals surface area contributed by atoms with Gasteiger partial charge in [0.1, 0.15) is 0 Å². The maximum absolute atomic E-state index is 11.1. The third-order valence-corrected chi connectivity index (χ3v) is 5.48. The maximum atomic E-state index is 11.1. The minimum Gasteiger partial charge on any atom is -0.351 e. The van der Waals surface area contributed by atoms with E-state index in [0.717, 1.165) is 55.7 Å². The van der Waals surface area contributed by atoms with Crippen molar-refractivity contribution in [2.24, 2.45) is 11.5 Å². The van der Waals surface area contributed by atoms with Crippen LogP contribution in [0.15, 0.2) is 29.2 Å². The molecule has 2 aliphatic carbocycles. The third kappa shape index (κ3) is 6.37. The van der Waals surface area contributed by atoms with E-state index >= 15 is 0 Å². The van der Waals surface area contributed by atoms with Crippen LogP contribution in [0.1, 0.15) is 40.9 Å². The second-order valence-electron chi connectivity index (χ2n) is 7.50. The Bertz CT molecular complexity index is 875. The van der Waals surface area contributed by atoms with Gasteiger partial charge in [-0.1, -0.05) is 0 Å². The number of amides is 2. The van der Waals surface area contributed by atoms with Gasteiger partial charge in [0.25, 0.3) is 0 Å². The number of nitrogens with two attached hydrogens (primary N) is 2. The second-order valence-corrected chi connectivity index (χ2v) is 8.14. The Morgan fingerprint density at radius 2 is 1.60 bits per heavy atom. The molecule has 0 saturated heterocycles. The van der Waals surface area contributed by atoms with E-state index in [-0.39, 0.29) is 0 Å². The first-order valence-electron chi connectivity index (χ1n) is 10.2. The van der Waals surface area contributed by atoms with Gasteiger partial charge in [-0.15, -0.1) is 0 Å². The number of fused-ring (bicyclic) bond motifs is 2. The summed E-state index contributed by atoms with van der Waals surface area (Å²) in [5.41, 5.74) is 16.7. The van der Waals surface area contributed by atoms with Crippen LogP contribution in [0.4, 0.5) is 10.5 Å². The molecule has 5 N–H and O–H groups in total. The summed E-state index contributed by atoms with van der Waals surface area (Å²) in [6, 6.07) is 7.22. The molecular formula is C22H32N5O2S+. The summed E-state index contributed by atoms with van der Waals surface area (Å²) in [5.74, 6) is 0. The molecule has 162 valence electrons. The van der Waals surface area contributed by atoms with Gasteiger partial charge in [0.05, 0.1) is 5.69 Å². The van der Waals surface area contributed by atoms with Crippen molar-refractivity contribution in [2.45, 2.75) is 50.0 Å². The molecule has 1 aromatic heterocycles. The monoisotopic (exact) mass is 430 g/mol. The zero-order valence-corrected chi connectivity index (χ0v) is 18.8. The van der Waals surface area contributed by atoms with E-state index in [1.54, 1.807) is 0 Å². The summed E-state index contributed by atoms with van der Waals surface area (Å²) in [6.45, 7) is 0.920. The fraction of sp³-hybridized carbons (Fsp3) is 0.455. The Balaban J connectivity index is 0.000000205. The minimum atomic E-state index is -0.464. The summed E-state index contributed by atoms with van der Waals surface area (Å²) >= 11 is 0.533. The molecule has 0 fully saturated rings. The first-order chi connectivity index (χ1) is 14.5. The zero-order valence-electron chi connectivity index (χ0n) is 18.0. The number of carbonyl (C=O) groups excluding carboxylic acids is 1. The van der Waals surface area contributed by atoms with Crippen molar-refractivity contribution >= 4 is 23.2 Å². The second kappa shape index (κ2) is 11.8. The number of aromatic nitrogens is 1. The van der Waals surface area contributed by atoms with Crippen LogP contribution in [0.25, 0.3) is 0 Å². The Morgan fingerprint density at radius 1 is 1.07 bits per heavy atom. The van der Waals surface area contributed by atoms with Crippen molar-refractivity contribution in [3.05, 3.63) is 52.3 Å². The molecule has 0 saturated carbocycles. The topological polar surface area (TPSA) is 117 Å². The quantitative estimate of drug-likeness (QED) is 0.648. The molecule has 30 heavy (non-hydrogen) atoms. The predicted molar refractivity (Wildman–Crippen MR) is 122 cm³/mol. The van der Waals surface area contributed by atoms with Gasteiger partial charge in [0.15, 0.2) is 0 Å². The number of nitrogens with one attached hydrogen (secondary N) is 1. The van der Waals surface area contributed by atoms with Gasteiger partial charge in [-0.05, 0) is 56.7 Å². The van der Waals surface area contributed by atoms with Crippen LogP contribution < -0.4 is 16.8 Å². The van der Waals surface area contributed by atoms with Gasteiger partial charge >= 0.3 is 81.8 Å². The standard InChI is InChI=1S/C12H15N3O.C9H12NOS.CH5N/c13-12(16)15-11-7-3-1-5-9(7)14-10-6-2-4-8(10)11;1-10(2)7-8-3-5-9(12-11)6-4-8;1-2/h1-6H2,(H3,13,14,15,16);3-6H,7H2,1-2H3;2H2,1H3/q;+1;. The van der Waals surface area contributed by atoms with Crippen molar-refractivity contribution in [1.29, 1.82) is 0 Å². The van der Waals surface area contributed by atoms with Gasteiger partial charge in [-0.3, -0.25) is 4.98 Å². The Labute approximate surface area is 182 Å². The molecule has 2 amide bonds. The Hall–Kier alpha value is -2.26. The van der Waals surface area contributed by atoms with E-state index in [0.29, 0.717) is 11.5 Å². The fourth-order valence-electron chi connectivity index (χ4n) is 3.88. The molecule has 0 radical (unpaired) electrons. The normalized spacial score (nSPS) is 13.3. The number of hydrogen-bond donors (Lipinski definition) is 3. The predicted octanol–water partition coefficient (Wildman–Crippen LogP) is 3.31. The molecule has 4 rings (SSSR count). The van der Waals surface area contributed by atoms with E-state index in [2.05, 4.69) is 16.0 Å². The van der Waals surface area contributed by atoms with Crippen LogP contribution in [0, 0.1) is 0 Å². The number of urea groups is 1. The summed E-state index contributed by atoms with van der Waals surface area (Å²) in [4.78, 5) is 18.6. The Kier molecular flexibility index (Phi) is 9.45. The summed E-state index contributed by atoms with van der Waals surface area (Å²) in [7, 11) is 5.55. The Morgan fingerprint density at radius 3 is 2.03 bits per heavy atom. The van der Waals surface area contributed by atoms with Gasteiger partial charge in [-0.25, -0.2) is 4.79 Å². The summed E-state index contributed by atoms with van der Waals surface area (Å²) in [6.07, 6.45) is 6.39. The number of rotatable bonds is 3. The fourth-order valence-corrected chi connectivity index (χ4v) is 4.12. The number of hydrogen-bond acceptors (Lipinski definition) is 4. The summed E-state index contributed by atoms with van der Waals surface area (Å²) in [5, 5.41) is 2.80. The van der Waals surface area contributed by atoms with Crippen molar-refractivity contribution in [1.82, 2.24) is 9.88 Å². The van der Waals surface area contributed by atoms with Crippen molar-refractivity contribution in [3.8, 4) is 0 Å². The molecule has 7 nitrogen and oxygen atoms in total. The van der Waals surface area contributed by atoms with Gasteiger partial charge in [0, 0.05) is 11.4 Å². The van der Waals surface area contributed by atoms with Crippen LogP contribution in [-0.2, 0) is 36.3 Å². The van der Waals surface area contributed by atoms with E-state index in [4.69, 9.17) is 10.7 Å². The van der Waals surface area contributed by atoms with Gasteiger partial charge < -0.3 is 16.8 Å². The number of nitrogens with zero attached hydrogens (tertiary/aromatic N) is 2. The SMILES string of the molecule is CN.CN(C)Cc1ccc(S#[O+])cc1.NC(=O)Nc1c2c(nc3c1CCC3)CCC2. The first kappa shape index (κ1) is 24.0. The van der Waals surface area contributed by atoms with Gasteiger partial charge in [0.2, 0.25) is 0 Å². The number of pyridine rings is 1. The molecular weight excluding hydrogens is 398 g/mol. The molecule has 0 atom stereocenters. The molecule has 0 aliphatic heterocycles. The third-order valence-electron chi connectivity index (χ3n) is 5.02. The number of anilines is 1. The molecule has 1 aromatic carbocycles. The number of primary amides is 1. The van der Waals surface area contributed by atoms with Crippen LogP contribution in [0.5, 0.6) is 0 Å². The molecule has 0 unspecified atom stereocenters. The maximum Gasteiger partial charge on any atom is 0.316 e. The van der Waals surface area contributed by atoms with Crippen LogP contribution in [0.3, 0.4) is 0 Å². The van der Waals surface area contributed by atoms with E-state index in [9.17, 15) is 8.84 Å². The van der Waals surface area contributed by atoms with Gasteiger partial charge in [-0.2, -0.15) is 0 Å². The number of carbonyl (C=O) groups is 1. The van der Waals surface area contributed by atoms with E-state index < -0.39 is 6.03 Å². The molecule has 2 aromatic rings. The van der Waals surface area contributed by atoms with Crippen molar-refractivity contribution in [2.75, 3.05) is 26.5 Å². The number of benzene rings is 1. The minimum absolute atomic E-state index is 0.464. The largest absolute Gasteiger partial charge is 0.351 e. The molecule has 8 heteroatoms. The van der Waals surface area contributed by atoms with E-state index in [1.165, 1.54) is 35.1 Å². The average Bonchev–Trinajstić information content (AvgIpc) is 3.39. The average molecular weight is 431 g/mol. The van der Waals surface area contributed by atoms with Crippen molar-refractivity contribution < 1.29 is 8.84 Å². The molecule has 0 bridgehead atoms. The van der Waals surface area contributed by atoms with E-state index in [1.807, 2.05) is 38.4 Å². The van der Waals surface area contributed by atoms with Crippen molar-refractivity contribution in [3.63, 3.8) is 0 Å². The van der Waals surface area contributed by atoms with Crippen LogP contribution >= 0.6 is 11.5 Å². The zero-order chi connectivity index (χ0) is 22.1. The molecule has 1 heterocycles. The number of aryl methyl sites for hydroxylation is 2. The summed E-state index contributed by atoms with van der Waals surface area (Å²) < 4.78 is 10.4. The molecule has 0 spiro atoms. The smallest absolute Gasteiger partial charge is 0.316 e.